The Morgan fingerprint density at radius 1 is 1.43 bits per heavy atom. The average Bonchev–Trinajstić information content (AvgIpc) is 1.95. The van der Waals surface area contributed by atoms with Gasteiger partial charge in [-0.2, -0.15) is 0 Å². The van der Waals surface area contributed by atoms with E-state index < -0.39 is 23.5 Å². The van der Waals surface area contributed by atoms with E-state index in [4.69, 9.17) is 9.84 Å². The number of hydrogen-bond acceptors (Lipinski definition) is 4. The molecule has 1 atom stereocenters. The molecule has 0 spiro atoms. The monoisotopic (exact) mass is 202 g/mol. The van der Waals surface area contributed by atoms with Crippen molar-refractivity contribution in [2.24, 2.45) is 5.92 Å². The average molecular weight is 202 g/mol. The van der Waals surface area contributed by atoms with Crippen LogP contribution in [0.2, 0.25) is 0 Å². The van der Waals surface area contributed by atoms with Crippen molar-refractivity contribution in [1.82, 2.24) is 0 Å². The van der Waals surface area contributed by atoms with Crippen LogP contribution in [0.4, 0.5) is 0 Å². The van der Waals surface area contributed by atoms with Crippen LogP contribution in [0.15, 0.2) is 0 Å². The third-order valence-corrected chi connectivity index (χ3v) is 1.32. The number of carbonyl (C=O) groups is 3. The smallest absolute Gasteiger partial charge is 0.321 e. The lowest BCUT2D eigenvalue weighted by Gasteiger charge is -2.21. The number of carboxylic acid groups (broad SMARTS) is 1. The predicted molar refractivity (Wildman–Crippen MR) is 47.7 cm³/mol. The zero-order chi connectivity index (χ0) is 11.4. The van der Waals surface area contributed by atoms with Crippen LogP contribution < -0.4 is 0 Å². The third kappa shape index (κ3) is 4.59. The van der Waals surface area contributed by atoms with Crippen LogP contribution in [0.5, 0.6) is 0 Å². The number of esters is 1. The first-order valence-corrected chi connectivity index (χ1v) is 4.17. The van der Waals surface area contributed by atoms with Crippen molar-refractivity contribution in [3.63, 3.8) is 0 Å². The number of hydrogen-bond donors (Lipinski definition) is 1. The topological polar surface area (TPSA) is 80.7 Å². The number of aldehydes is 1. The molecule has 0 aliphatic carbocycles. The minimum absolute atomic E-state index is 0.357. The SMILES string of the molecule is CC(C)(C)OC(=O)C(CC=O)C(=O)O. The Morgan fingerprint density at radius 3 is 2.21 bits per heavy atom. The number of aliphatic carboxylic acids is 1. The van der Waals surface area contributed by atoms with Gasteiger partial charge in [0.15, 0.2) is 5.92 Å². The lowest BCUT2D eigenvalue weighted by Crippen LogP contribution is -2.32. The molecule has 0 radical (unpaired) electrons. The summed E-state index contributed by atoms with van der Waals surface area (Å²) < 4.78 is 4.84. The zero-order valence-corrected chi connectivity index (χ0v) is 8.44. The quantitative estimate of drug-likeness (QED) is 0.410. The Kier molecular flexibility index (Phi) is 4.27. The van der Waals surface area contributed by atoms with Gasteiger partial charge in [0.25, 0.3) is 0 Å². The number of rotatable bonds is 4. The van der Waals surface area contributed by atoms with Crippen molar-refractivity contribution in [3.8, 4) is 0 Å². The normalized spacial score (nSPS) is 13.1. The Bertz CT molecular complexity index is 238. The molecule has 0 amide bonds. The minimum Gasteiger partial charge on any atom is -0.481 e. The number of ether oxygens (including phenoxy) is 1. The molecule has 5 nitrogen and oxygen atoms in total. The van der Waals surface area contributed by atoms with Gasteiger partial charge < -0.3 is 14.6 Å². The van der Waals surface area contributed by atoms with E-state index in [2.05, 4.69) is 0 Å². The lowest BCUT2D eigenvalue weighted by molar-refractivity contribution is -0.167. The third-order valence-electron chi connectivity index (χ3n) is 1.32. The van der Waals surface area contributed by atoms with Gasteiger partial charge in [-0.15, -0.1) is 0 Å². The summed E-state index contributed by atoms with van der Waals surface area (Å²) in [6, 6.07) is 0. The minimum atomic E-state index is -1.40. The summed E-state index contributed by atoms with van der Waals surface area (Å²) in [4.78, 5) is 31.9. The van der Waals surface area contributed by atoms with Gasteiger partial charge in [-0.25, -0.2) is 0 Å². The Morgan fingerprint density at radius 2 is 1.93 bits per heavy atom. The van der Waals surface area contributed by atoms with Crippen LogP contribution in [0.1, 0.15) is 27.2 Å². The highest BCUT2D eigenvalue weighted by molar-refractivity contribution is 5.95. The molecule has 0 aromatic rings. The zero-order valence-electron chi connectivity index (χ0n) is 8.44. The summed E-state index contributed by atoms with van der Waals surface area (Å²) in [5, 5.41) is 8.61. The van der Waals surface area contributed by atoms with Crippen molar-refractivity contribution in [3.05, 3.63) is 0 Å². The molecule has 0 heterocycles. The van der Waals surface area contributed by atoms with Gasteiger partial charge in [0.2, 0.25) is 0 Å². The standard InChI is InChI=1S/C9H14O5/c1-9(2,3)14-8(13)6(4-5-10)7(11)12/h5-6H,4H2,1-3H3,(H,11,12). The molecular weight excluding hydrogens is 188 g/mol. The van der Waals surface area contributed by atoms with Crippen LogP contribution in [0, 0.1) is 5.92 Å². The van der Waals surface area contributed by atoms with E-state index in [0.29, 0.717) is 6.29 Å². The van der Waals surface area contributed by atoms with Gasteiger partial charge in [0.05, 0.1) is 0 Å². The first-order valence-electron chi connectivity index (χ1n) is 4.17. The molecule has 0 aliphatic rings. The van der Waals surface area contributed by atoms with E-state index in [1.54, 1.807) is 20.8 Å². The maximum atomic E-state index is 11.2. The van der Waals surface area contributed by atoms with E-state index in [0.717, 1.165) is 0 Å². The fourth-order valence-corrected chi connectivity index (χ4v) is 0.767. The second-order valence-corrected chi connectivity index (χ2v) is 3.83. The van der Waals surface area contributed by atoms with Crippen LogP contribution >= 0.6 is 0 Å². The van der Waals surface area contributed by atoms with Crippen LogP contribution in [-0.4, -0.2) is 28.9 Å². The van der Waals surface area contributed by atoms with Crippen LogP contribution in [0.3, 0.4) is 0 Å². The molecule has 0 saturated carbocycles. The highest BCUT2D eigenvalue weighted by atomic mass is 16.6. The number of carbonyl (C=O) groups excluding carboxylic acids is 2. The van der Waals surface area contributed by atoms with E-state index in [-0.39, 0.29) is 6.42 Å². The summed E-state index contributed by atoms with van der Waals surface area (Å²) >= 11 is 0. The highest BCUT2D eigenvalue weighted by Crippen LogP contribution is 2.13. The van der Waals surface area contributed by atoms with Crippen molar-refractivity contribution >= 4 is 18.2 Å². The molecule has 1 unspecified atom stereocenters. The van der Waals surface area contributed by atoms with Gasteiger partial charge >= 0.3 is 11.9 Å². The van der Waals surface area contributed by atoms with E-state index in [1.807, 2.05) is 0 Å². The van der Waals surface area contributed by atoms with Crippen molar-refractivity contribution in [2.45, 2.75) is 32.8 Å². The fraction of sp³-hybridized carbons (Fsp3) is 0.667. The molecule has 0 saturated heterocycles. The van der Waals surface area contributed by atoms with Crippen molar-refractivity contribution < 1.29 is 24.2 Å². The first kappa shape index (κ1) is 12.6. The molecule has 0 rings (SSSR count). The molecule has 0 aliphatic heterocycles. The molecule has 1 N–H and O–H groups in total. The van der Waals surface area contributed by atoms with E-state index in [1.165, 1.54) is 0 Å². The van der Waals surface area contributed by atoms with E-state index >= 15 is 0 Å². The van der Waals surface area contributed by atoms with E-state index in [9.17, 15) is 14.4 Å². The summed E-state index contributed by atoms with van der Waals surface area (Å²) in [6.07, 6.45) is 0.0347. The summed E-state index contributed by atoms with van der Waals surface area (Å²) in [7, 11) is 0. The maximum Gasteiger partial charge on any atom is 0.321 e. The highest BCUT2D eigenvalue weighted by Gasteiger charge is 2.30. The molecule has 0 fully saturated rings. The van der Waals surface area contributed by atoms with Gasteiger partial charge in [-0.3, -0.25) is 9.59 Å². The van der Waals surface area contributed by atoms with Crippen molar-refractivity contribution in [2.75, 3.05) is 0 Å². The van der Waals surface area contributed by atoms with Gasteiger partial charge in [-0.1, -0.05) is 0 Å². The van der Waals surface area contributed by atoms with Gasteiger partial charge in [0.1, 0.15) is 11.9 Å². The summed E-state index contributed by atoms with van der Waals surface area (Å²) in [6.45, 7) is 4.89. The van der Waals surface area contributed by atoms with Crippen LogP contribution in [0.25, 0.3) is 0 Å². The molecule has 80 valence electrons. The predicted octanol–water partition coefficient (Wildman–Crippen LogP) is 0.618. The maximum absolute atomic E-state index is 11.2. The largest absolute Gasteiger partial charge is 0.481 e. The second-order valence-electron chi connectivity index (χ2n) is 3.83. The summed E-state index contributed by atoms with van der Waals surface area (Å²) in [5.74, 6) is -3.62. The summed E-state index contributed by atoms with van der Waals surface area (Å²) in [5.41, 5.74) is -0.742. The molecular formula is C9H14O5. The Hall–Kier alpha value is -1.39. The molecule has 5 heteroatoms. The first-order chi connectivity index (χ1) is 6.28. The fourth-order valence-electron chi connectivity index (χ4n) is 0.767. The van der Waals surface area contributed by atoms with Crippen LogP contribution in [-0.2, 0) is 19.1 Å². The lowest BCUT2D eigenvalue weighted by atomic mass is 10.1. The van der Waals surface area contributed by atoms with Gasteiger partial charge in [0, 0.05) is 6.42 Å². The van der Waals surface area contributed by atoms with Crippen molar-refractivity contribution in [1.29, 1.82) is 0 Å². The molecule has 0 aromatic heterocycles. The van der Waals surface area contributed by atoms with Gasteiger partial charge in [-0.05, 0) is 20.8 Å². The molecule has 0 aromatic carbocycles. The Labute approximate surface area is 82.1 Å². The molecule has 14 heavy (non-hydrogen) atoms. The second kappa shape index (κ2) is 4.74. The number of carboxylic acids is 1. The Balaban J connectivity index is 4.45. The molecule has 0 bridgehead atoms.